The van der Waals surface area contributed by atoms with Crippen LogP contribution in [0.25, 0.3) is 16.6 Å². The van der Waals surface area contributed by atoms with Gasteiger partial charge in [0.1, 0.15) is 0 Å². The lowest BCUT2D eigenvalue weighted by Gasteiger charge is -2.13. The zero-order chi connectivity index (χ0) is 21.6. The first kappa shape index (κ1) is 21.0. The number of para-hydroxylation sites is 1. The van der Waals surface area contributed by atoms with Crippen molar-refractivity contribution in [3.63, 3.8) is 0 Å². The van der Waals surface area contributed by atoms with Crippen LogP contribution in [0.5, 0.6) is 0 Å². The van der Waals surface area contributed by atoms with Gasteiger partial charge < -0.3 is 0 Å². The molecular weight excluding hydrogens is 478 g/mol. The highest BCUT2D eigenvalue weighted by molar-refractivity contribution is 9.10. The second-order valence-electron chi connectivity index (χ2n) is 6.40. The number of halogens is 1. The molecule has 2 aromatic heterocycles. The molecule has 7 nitrogen and oxygen atoms in total. The lowest BCUT2D eigenvalue weighted by molar-refractivity contribution is -0.118. The van der Waals surface area contributed by atoms with Crippen molar-refractivity contribution in [2.24, 2.45) is 5.10 Å². The van der Waals surface area contributed by atoms with Gasteiger partial charge >= 0.3 is 0 Å². The van der Waals surface area contributed by atoms with Crippen LogP contribution in [-0.2, 0) is 4.79 Å². The number of pyridine rings is 1. The number of benzene rings is 2. The molecule has 0 saturated heterocycles. The van der Waals surface area contributed by atoms with Gasteiger partial charge in [0, 0.05) is 22.4 Å². The molecule has 1 amide bonds. The van der Waals surface area contributed by atoms with E-state index >= 15 is 0 Å². The van der Waals surface area contributed by atoms with Crippen LogP contribution < -0.4 is 11.0 Å². The summed E-state index contributed by atoms with van der Waals surface area (Å²) in [5, 5.41) is 4.88. The van der Waals surface area contributed by atoms with Crippen molar-refractivity contribution in [2.45, 2.75) is 5.16 Å². The van der Waals surface area contributed by atoms with E-state index in [9.17, 15) is 9.59 Å². The fourth-order valence-electron chi connectivity index (χ4n) is 2.82. The van der Waals surface area contributed by atoms with E-state index < -0.39 is 0 Å². The quantitative estimate of drug-likeness (QED) is 0.191. The Morgan fingerprint density at radius 2 is 1.94 bits per heavy atom. The fraction of sp³-hybridized carbons (Fsp3) is 0.0455. The maximum atomic E-state index is 13.2. The van der Waals surface area contributed by atoms with Crippen molar-refractivity contribution in [1.82, 2.24) is 20.0 Å². The number of rotatable bonds is 6. The van der Waals surface area contributed by atoms with Crippen LogP contribution in [0.4, 0.5) is 0 Å². The summed E-state index contributed by atoms with van der Waals surface area (Å²) in [6, 6.07) is 18.1. The molecule has 4 rings (SSSR count). The second-order valence-corrected chi connectivity index (χ2v) is 8.25. The zero-order valence-electron chi connectivity index (χ0n) is 16.1. The highest BCUT2D eigenvalue weighted by Gasteiger charge is 2.14. The predicted octanol–water partition coefficient (Wildman–Crippen LogP) is 3.79. The van der Waals surface area contributed by atoms with Gasteiger partial charge in [-0.1, -0.05) is 45.9 Å². The molecule has 9 heteroatoms. The topological polar surface area (TPSA) is 89.2 Å². The first-order valence-corrected chi connectivity index (χ1v) is 11.0. The Hall–Kier alpha value is -3.30. The number of carbonyl (C=O) groups is 1. The molecule has 0 saturated carbocycles. The van der Waals surface area contributed by atoms with Crippen molar-refractivity contribution in [1.29, 1.82) is 0 Å². The average Bonchev–Trinajstić information content (AvgIpc) is 2.79. The Morgan fingerprint density at radius 1 is 1.13 bits per heavy atom. The van der Waals surface area contributed by atoms with Crippen LogP contribution in [-0.4, -0.2) is 32.4 Å². The smallest absolute Gasteiger partial charge is 0.266 e. The highest BCUT2D eigenvalue weighted by Crippen LogP contribution is 2.22. The Balaban J connectivity index is 1.58. The number of nitrogens with one attached hydrogen (secondary N) is 1. The molecule has 0 aliphatic rings. The average molecular weight is 494 g/mol. The molecule has 0 radical (unpaired) electrons. The van der Waals surface area contributed by atoms with E-state index in [4.69, 9.17) is 0 Å². The van der Waals surface area contributed by atoms with Gasteiger partial charge in [-0.3, -0.25) is 19.1 Å². The summed E-state index contributed by atoms with van der Waals surface area (Å²) in [6.45, 7) is 0. The molecule has 0 atom stereocenters. The molecule has 2 aromatic carbocycles. The van der Waals surface area contributed by atoms with Gasteiger partial charge in [-0.05, 0) is 42.5 Å². The number of fused-ring (bicyclic) bond motifs is 1. The molecule has 1 N–H and O–H groups in total. The maximum absolute atomic E-state index is 13.2. The first-order valence-electron chi connectivity index (χ1n) is 9.24. The standard InChI is InChI=1S/C22H16BrN5O2S/c23-16-7-9-17(10-8-16)28-21(30)18-5-1-2-6-19(18)26-22(28)31-14-20(29)27-25-13-15-4-3-11-24-12-15/h1-13H,14H2,(H,27,29). The number of hydrogen-bond donors (Lipinski definition) is 1. The summed E-state index contributed by atoms with van der Waals surface area (Å²) in [5.74, 6) is -0.263. The molecule has 0 spiro atoms. The third-order valence-corrected chi connectivity index (χ3v) is 5.72. The number of hydrazone groups is 1. The first-order chi connectivity index (χ1) is 15.1. The van der Waals surface area contributed by atoms with Gasteiger partial charge in [0.15, 0.2) is 5.16 Å². The summed E-state index contributed by atoms with van der Waals surface area (Å²) in [6.07, 6.45) is 4.82. The van der Waals surface area contributed by atoms with E-state index in [0.29, 0.717) is 21.7 Å². The lowest BCUT2D eigenvalue weighted by Crippen LogP contribution is -2.24. The fourth-order valence-corrected chi connectivity index (χ4v) is 3.89. The Morgan fingerprint density at radius 3 is 2.71 bits per heavy atom. The monoisotopic (exact) mass is 493 g/mol. The number of aromatic nitrogens is 3. The van der Waals surface area contributed by atoms with Gasteiger partial charge in [-0.2, -0.15) is 5.10 Å². The minimum Gasteiger partial charge on any atom is -0.272 e. The van der Waals surface area contributed by atoms with Crippen LogP contribution >= 0.6 is 27.7 Å². The molecule has 0 aliphatic carbocycles. The minimum absolute atomic E-state index is 0.0473. The molecule has 2 heterocycles. The van der Waals surface area contributed by atoms with Crippen LogP contribution in [0.2, 0.25) is 0 Å². The molecule has 0 aliphatic heterocycles. The molecule has 154 valence electrons. The van der Waals surface area contributed by atoms with Crippen molar-refractivity contribution in [3.05, 3.63) is 93.4 Å². The van der Waals surface area contributed by atoms with E-state index in [1.54, 1.807) is 36.7 Å². The number of nitrogens with zero attached hydrogens (tertiary/aromatic N) is 4. The number of thioether (sulfide) groups is 1. The van der Waals surface area contributed by atoms with E-state index in [-0.39, 0.29) is 17.2 Å². The van der Waals surface area contributed by atoms with Gasteiger partial charge in [0.25, 0.3) is 11.5 Å². The number of carbonyl (C=O) groups excluding carboxylic acids is 1. The van der Waals surface area contributed by atoms with Crippen molar-refractivity contribution in [3.8, 4) is 5.69 Å². The Bertz CT molecular complexity index is 1310. The van der Waals surface area contributed by atoms with Crippen LogP contribution in [0, 0.1) is 0 Å². The normalized spacial score (nSPS) is 11.1. The maximum Gasteiger partial charge on any atom is 0.266 e. The number of hydrogen-bond acceptors (Lipinski definition) is 6. The van der Waals surface area contributed by atoms with E-state index in [1.165, 1.54) is 22.5 Å². The van der Waals surface area contributed by atoms with Crippen LogP contribution in [0.1, 0.15) is 5.56 Å². The van der Waals surface area contributed by atoms with Crippen LogP contribution in [0.3, 0.4) is 0 Å². The molecule has 0 fully saturated rings. The van der Waals surface area contributed by atoms with Gasteiger partial charge in [0.2, 0.25) is 0 Å². The molecule has 31 heavy (non-hydrogen) atoms. The van der Waals surface area contributed by atoms with E-state index in [1.807, 2.05) is 36.4 Å². The Kier molecular flexibility index (Phi) is 6.54. The molecule has 0 unspecified atom stereocenters. The molecular formula is C22H16BrN5O2S. The van der Waals surface area contributed by atoms with Crippen LogP contribution in [0.15, 0.2) is 92.6 Å². The van der Waals surface area contributed by atoms with Crippen molar-refractivity contribution >= 4 is 50.7 Å². The van der Waals surface area contributed by atoms with E-state index in [0.717, 1.165) is 10.0 Å². The second kappa shape index (κ2) is 9.67. The third kappa shape index (κ3) is 5.07. The summed E-state index contributed by atoms with van der Waals surface area (Å²) in [4.78, 5) is 34.0. The SMILES string of the molecule is O=C(CSc1nc2ccccc2c(=O)n1-c1ccc(Br)cc1)NN=Cc1cccnc1. The largest absolute Gasteiger partial charge is 0.272 e. The van der Waals surface area contributed by atoms with E-state index in [2.05, 4.69) is 36.4 Å². The summed E-state index contributed by atoms with van der Waals surface area (Å²) < 4.78 is 2.42. The van der Waals surface area contributed by atoms with Gasteiger partial charge in [-0.15, -0.1) is 0 Å². The van der Waals surface area contributed by atoms with Gasteiger partial charge in [0.05, 0.1) is 28.6 Å². The number of amides is 1. The lowest BCUT2D eigenvalue weighted by atomic mass is 10.2. The van der Waals surface area contributed by atoms with Gasteiger partial charge in [-0.25, -0.2) is 10.4 Å². The third-order valence-electron chi connectivity index (χ3n) is 4.25. The predicted molar refractivity (Wildman–Crippen MR) is 126 cm³/mol. The molecule has 0 bridgehead atoms. The summed E-state index contributed by atoms with van der Waals surface area (Å²) >= 11 is 4.58. The summed E-state index contributed by atoms with van der Waals surface area (Å²) in [7, 11) is 0. The highest BCUT2D eigenvalue weighted by atomic mass is 79.9. The minimum atomic E-state index is -0.310. The van der Waals surface area contributed by atoms with Crippen molar-refractivity contribution in [2.75, 3.05) is 5.75 Å². The summed E-state index contributed by atoms with van der Waals surface area (Å²) in [5.41, 5.74) is 4.32. The Labute approximate surface area is 190 Å². The molecule has 4 aromatic rings. The zero-order valence-corrected chi connectivity index (χ0v) is 18.5. The van der Waals surface area contributed by atoms with Crippen molar-refractivity contribution < 1.29 is 4.79 Å².